The SMILES string of the molecule is N#Cc1cc(F)ccc1C=CCCNC(=O)OCc1ccccc1. The first-order valence-electron chi connectivity index (χ1n) is 7.50. The number of nitrogens with zero attached hydrogens (tertiary/aromatic N) is 1. The maximum absolute atomic E-state index is 13.0. The molecule has 24 heavy (non-hydrogen) atoms. The lowest BCUT2D eigenvalue weighted by atomic mass is 10.1. The van der Waals surface area contributed by atoms with Crippen LogP contribution in [0.2, 0.25) is 0 Å². The van der Waals surface area contributed by atoms with Gasteiger partial charge in [0.25, 0.3) is 0 Å². The van der Waals surface area contributed by atoms with Crippen molar-refractivity contribution in [1.29, 1.82) is 5.26 Å². The minimum Gasteiger partial charge on any atom is -0.445 e. The van der Waals surface area contributed by atoms with Crippen molar-refractivity contribution in [2.24, 2.45) is 0 Å². The third-order valence-electron chi connectivity index (χ3n) is 3.23. The Labute approximate surface area is 140 Å². The Kier molecular flexibility index (Phi) is 6.54. The predicted octanol–water partition coefficient (Wildman–Crippen LogP) is 4.03. The molecule has 5 heteroatoms. The van der Waals surface area contributed by atoms with E-state index in [-0.39, 0.29) is 12.2 Å². The second-order valence-electron chi connectivity index (χ2n) is 5.02. The Morgan fingerprint density at radius 2 is 2.04 bits per heavy atom. The topological polar surface area (TPSA) is 62.1 Å². The molecule has 0 bridgehead atoms. The number of halogens is 1. The normalized spacial score (nSPS) is 10.3. The zero-order chi connectivity index (χ0) is 17.2. The maximum atomic E-state index is 13.0. The van der Waals surface area contributed by atoms with Crippen LogP contribution in [0.25, 0.3) is 6.08 Å². The summed E-state index contributed by atoms with van der Waals surface area (Å²) in [4.78, 5) is 11.5. The molecule has 0 saturated carbocycles. The Hall–Kier alpha value is -3.13. The molecule has 0 saturated heterocycles. The minimum absolute atomic E-state index is 0.226. The summed E-state index contributed by atoms with van der Waals surface area (Å²) in [6.07, 6.45) is 3.63. The number of nitriles is 1. The molecule has 0 aliphatic carbocycles. The van der Waals surface area contributed by atoms with Crippen LogP contribution >= 0.6 is 0 Å². The van der Waals surface area contributed by atoms with Crippen molar-refractivity contribution >= 4 is 12.2 Å². The number of rotatable bonds is 6. The van der Waals surface area contributed by atoms with Gasteiger partial charge in [0, 0.05) is 6.54 Å². The summed E-state index contributed by atoms with van der Waals surface area (Å²) in [6, 6.07) is 15.4. The molecular weight excluding hydrogens is 307 g/mol. The van der Waals surface area contributed by atoms with E-state index in [0.717, 1.165) is 5.56 Å². The fraction of sp³-hybridized carbons (Fsp3) is 0.158. The van der Waals surface area contributed by atoms with Gasteiger partial charge in [-0.25, -0.2) is 9.18 Å². The van der Waals surface area contributed by atoms with E-state index in [1.54, 1.807) is 12.1 Å². The number of hydrogen-bond donors (Lipinski definition) is 1. The van der Waals surface area contributed by atoms with Gasteiger partial charge in [0.05, 0.1) is 11.6 Å². The van der Waals surface area contributed by atoms with E-state index in [1.807, 2.05) is 42.5 Å². The number of nitrogens with one attached hydrogen (secondary N) is 1. The molecule has 2 rings (SSSR count). The van der Waals surface area contributed by atoms with Crippen molar-refractivity contribution in [3.8, 4) is 6.07 Å². The summed E-state index contributed by atoms with van der Waals surface area (Å²) in [5, 5.41) is 11.6. The highest BCUT2D eigenvalue weighted by Gasteiger charge is 2.02. The zero-order valence-corrected chi connectivity index (χ0v) is 13.0. The third-order valence-corrected chi connectivity index (χ3v) is 3.23. The van der Waals surface area contributed by atoms with E-state index < -0.39 is 11.9 Å². The summed E-state index contributed by atoms with van der Waals surface area (Å²) >= 11 is 0. The van der Waals surface area contributed by atoms with Crippen molar-refractivity contribution in [1.82, 2.24) is 5.32 Å². The van der Waals surface area contributed by atoms with Crippen LogP contribution in [0, 0.1) is 17.1 Å². The van der Waals surface area contributed by atoms with Crippen molar-refractivity contribution in [3.05, 3.63) is 77.1 Å². The number of amides is 1. The zero-order valence-electron chi connectivity index (χ0n) is 13.0. The van der Waals surface area contributed by atoms with Crippen molar-refractivity contribution < 1.29 is 13.9 Å². The molecule has 0 radical (unpaired) electrons. The van der Waals surface area contributed by atoms with Gasteiger partial charge in [-0.1, -0.05) is 48.6 Å². The van der Waals surface area contributed by atoms with Gasteiger partial charge in [0.15, 0.2) is 0 Å². The second kappa shape index (κ2) is 9.11. The average Bonchev–Trinajstić information content (AvgIpc) is 2.61. The van der Waals surface area contributed by atoms with Crippen LogP contribution in [-0.4, -0.2) is 12.6 Å². The van der Waals surface area contributed by atoms with Crippen LogP contribution in [0.15, 0.2) is 54.6 Å². The lowest BCUT2D eigenvalue weighted by molar-refractivity contribution is 0.140. The maximum Gasteiger partial charge on any atom is 0.407 e. The first-order chi connectivity index (χ1) is 11.7. The van der Waals surface area contributed by atoms with E-state index in [2.05, 4.69) is 5.32 Å². The fourth-order valence-electron chi connectivity index (χ4n) is 2.01. The molecule has 1 amide bonds. The lowest BCUT2D eigenvalue weighted by Gasteiger charge is -2.06. The monoisotopic (exact) mass is 324 g/mol. The Bertz CT molecular complexity index is 752. The molecule has 0 unspecified atom stereocenters. The highest BCUT2D eigenvalue weighted by atomic mass is 19.1. The van der Waals surface area contributed by atoms with E-state index in [0.29, 0.717) is 18.5 Å². The highest BCUT2D eigenvalue weighted by molar-refractivity contribution is 5.67. The second-order valence-corrected chi connectivity index (χ2v) is 5.02. The molecule has 4 nitrogen and oxygen atoms in total. The summed E-state index contributed by atoms with van der Waals surface area (Å²) < 4.78 is 18.1. The number of benzene rings is 2. The molecule has 0 aliphatic rings. The van der Waals surface area contributed by atoms with Gasteiger partial charge in [0.2, 0.25) is 0 Å². The standard InChI is InChI=1S/C19H17FN2O2/c20-18-10-9-16(17(12-18)13-21)8-4-5-11-22-19(23)24-14-15-6-2-1-3-7-15/h1-4,6-10,12H,5,11,14H2,(H,22,23). The fourth-order valence-corrected chi connectivity index (χ4v) is 2.01. The molecule has 0 fully saturated rings. The van der Waals surface area contributed by atoms with Crippen LogP contribution in [0.3, 0.4) is 0 Å². The first-order valence-corrected chi connectivity index (χ1v) is 7.50. The van der Waals surface area contributed by atoms with Gasteiger partial charge >= 0.3 is 6.09 Å². The summed E-state index contributed by atoms with van der Waals surface area (Å²) in [6.45, 7) is 0.636. The number of hydrogen-bond acceptors (Lipinski definition) is 3. The molecule has 0 heterocycles. The third kappa shape index (κ3) is 5.58. The molecule has 0 atom stereocenters. The summed E-state index contributed by atoms with van der Waals surface area (Å²) in [7, 11) is 0. The van der Waals surface area contributed by atoms with Crippen LogP contribution in [0.5, 0.6) is 0 Å². The number of carbonyl (C=O) groups is 1. The quantitative estimate of drug-likeness (QED) is 0.816. The van der Waals surface area contributed by atoms with Gasteiger partial charge in [0.1, 0.15) is 12.4 Å². The number of ether oxygens (including phenoxy) is 1. The van der Waals surface area contributed by atoms with Gasteiger partial charge in [-0.2, -0.15) is 5.26 Å². The first kappa shape index (κ1) is 17.2. The van der Waals surface area contributed by atoms with E-state index in [1.165, 1.54) is 12.1 Å². The van der Waals surface area contributed by atoms with Gasteiger partial charge in [-0.05, 0) is 29.7 Å². The number of alkyl carbamates (subject to hydrolysis) is 1. The lowest BCUT2D eigenvalue weighted by Crippen LogP contribution is -2.24. The summed E-state index contributed by atoms with van der Waals surface area (Å²) in [5.74, 6) is -0.438. The predicted molar refractivity (Wildman–Crippen MR) is 89.4 cm³/mol. The van der Waals surface area contributed by atoms with Crippen LogP contribution in [0.4, 0.5) is 9.18 Å². The molecule has 0 spiro atoms. The number of carbonyl (C=O) groups excluding carboxylic acids is 1. The minimum atomic E-state index is -0.480. The Morgan fingerprint density at radius 1 is 1.25 bits per heavy atom. The molecular formula is C19H17FN2O2. The van der Waals surface area contributed by atoms with E-state index in [9.17, 15) is 9.18 Å². The highest BCUT2D eigenvalue weighted by Crippen LogP contribution is 2.12. The van der Waals surface area contributed by atoms with Crippen molar-refractivity contribution in [2.75, 3.05) is 6.54 Å². The smallest absolute Gasteiger partial charge is 0.407 e. The van der Waals surface area contributed by atoms with Crippen LogP contribution in [0.1, 0.15) is 23.1 Å². The van der Waals surface area contributed by atoms with Crippen LogP contribution in [-0.2, 0) is 11.3 Å². The molecule has 0 aromatic heterocycles. The molecule has 0 aliphatic heterocycles. The van der Waals surface area contributed by atoms with Gasteiger partial charge in [-0.3, -0.25) is 0 Å². The van der Waals surface area contributed by atoms with E-state index >= 15 is 0 Å². The molecule has 2 aromatic carbocycles. The summed E-state index contributed by atoms with van der Waals surface area (Å²) in [5.41, 5.74) is 1.85. The Balaban J connectivity index is 1.71. The average molecular weight is 324 g/mol. The molecule has 122 valence electrons. The Morgan fingerprint density at radius 3 is 2.79 bits per heavy atom. The van der Waals surface area contributed by atoms with Crippen molar-refractivity contribution in [2.45, 2.75) is 13.0 Å². The molecule has 1 N–H and O–H groups in total. The van der Waals surface area contributed by atoms with Crippen LogP contribution < -0.4 is 5.32 Å². The van der Waals surface area contributed by atoms with Gasteiger partial charge in [-0.15, -0.1) is 0 Å². The van der Waals surface area contributed by atoms with E-state index in [4.69, 9.17) is 10.00 Å². The molecule has 2 aromatic rings. The largest absolute Gasteiger partial charge is 0.445 e. The van der Waals surface area contributed by atoms with Gasteiger partial charge < -0.3 is 10.1 Å². The van der Waals surface area contributed by atoms with Crippen molar-refractivity contribution in [3.63, 3.8) is 0 Å².